The van der Waals surface area contributed by atoms with Crippen molar-refractivity contribution in [2.24, 2.45) is 10.9 Å². The van der Waals surface area contributed by atoms with Gasteiger partial charge in [0.25, 0.3) is 0 Å². The van der Waals surface area contributed by atoms with Gasteiger partial charge in [0.15, 0.2) is 5.96 Å². The van der Waals surface area contributed by atoms with Crippen LogP contribution in [0.25, 0.3) is 0 Å². The molecule has 4 nitrogen and oxygen atoms in total. The Hall–Kier alpha value is -1.36. The largest absolute Gasteiger partial charge is 0.356 e. The maximum absolute atomic E-state index is 12.1. The Morgan fingerprint density at radius 3 is 2.45 bits per heavy atom. The second kappa shape index (κ2) is 11.2. The molecule has 1 atom stereocenters. The molecule has 0 aliphatic carbocycles. The summed E-state index contributed by atoms with van der Waals surface area (Å²) in [6.45, 7) is 6.01. The lowest BCUT2D eigenvalue weighted by molar-refractivity contribution is 0.481. The van der Waals surface area contributed by atoms with Gasteiger partial charge in [-0.1, -0.05) is 57.0 Å². The second-order valence-electron chi connectivity index (χ2n) is 5.34. The van der Waals surface area contributed by atoms with E-state index < -0.39 is 10.8 Å². The molecule has 0 spiro atoms. The fourth-order valence-corrected chi connectivity index (χ4v) is 3.19. The number of nitrogens with zero attached hydrogens (tertiary/aromatic N) is 1. The van der Waals surface area contributed by atoms with Gasteiger partial charge in [-0.3, -0.25) is 9.20 Å². The van der Waals surface area contributed by atoms with Gasteiger partial charge in [0.1, 0.15) is 0 Å². The SMILES string of the molecule is CCC(CC)CNC(=NC)NCCS(=O)Cc1ccccc1. The Labute approximate surface area is 137 Å². The summed E-state index contributed by atoms with van der Waals surface area (Å²) in [5, 5.41) is 6.57. The van der Waals surface area contributed by atoms with Crippen LogP contribution in [0, 0.1) is 5.92 Å². The number of benzene rings is 1. The van der Waals surface area contributed by atoms with Crippen LogP contribution >= 0.6 is 0 Å². The fourth-order valence-electron chi connectivity index (χ4n) is 2.15. The van der Waals surface area contributed by atoms with Gasteiger partial charge in [-0.25, -0.2) is 0 Å². The minimum atomic E-state index is -0.851. The van der Waals surface area contributed by atoms with Gasteiger partial charge in [-0.2, -0.15) is 0 Å². The lowest BCUT2D eigenvalue weighted by atomic mass is 10.0. The number of hydrogen-bond acceptors (Lipinski definition) is 2. The molecule has 1 aromatic carbocycles. The van der Waals surface area contributed by atoms with Crippen molar-refractivity contribution in [3.63, 3.8) is 0 Å². The maximum atomic E-state index is 12.1. The third kappa shape index (κ3) is 7.59. The Morgan fingerprint density at radius 1 is 1.18 bits per heavy atom. The van der Waals surface area contributed by atoms with Gasteiger partial charge in [0.05, 0.1) is 0 Å². The normalized spacial score (nSPS) is 13.2. The Bertz CT molecular complexity index is 458. The van der Waals surface area contributed by atoms with Crippen molar-refractivity contribution in [3.8, 4) is 0 Å². The molecule has 1 aromatic rings. The summed E-state index contributed by atoms with van der Waals surface area (Å²) in [5.41, 5.74) is 1.12. The van der Waals surface area contributed by atoms with E-state index in [1.54, 1.807) is 7.05 Å². The van der Waals surface area contributed by atoms with Gasteiger partial charge in [0.2, 0.25) is 0 Å². The first-order chi connectivity index (χ1) is 10.7. The lowest BCUT2D eigenvalue weighted by Gasteiger charge is -2.16. The molecule has 0 bridgehead atoms. The maximum Gasteiger partial charge on any atom is 0.191 e. The minimum absolute atomic E-state index is 0.613. The number of rotatable bonds is 9. The predicted molar refractivity (Wildman–Crippen MR) is 96.6 cm³/mol. The average molecular weight is 324 g/mol. The molecule has 0 heterocycles. The highest BCUT2D eigenvalue weighted by molar-refractivity contribution is 7.84. The van der Waals surface area contributed by atoms with E-state index >= 15 is 0 Å². The average Bonchev–Trinajstić information content (AvgIpc) is 2.55. The highest BCUT2D eigenvalue weighted by Gasteiger charge is 2.06. The van der Waals surface area contributed by atoms with E-state index in [0.29, 0.717) is 24.0 Å². The number of hydrogen-bond donors (Lipinski definition) is 2. The van der Waals surface area contributed by atoms with E-state index in [1.807, 2.05) is 30.3 Å². The van der Waals surface area contributed by atoms with Gasteiger partial charge >= 0.3 is 0 Å². The molecule has 124 valence electrons. The standard InChI is InChI=1S/C17H29N3OS/c1-4-15(5-2)13-20-17(18-3)19-11-12-22(21)14-16-9-7-6-8-10-16/h6-10,15H,4-5,11-14H2,1-3H3,(H2,18,19,20). The van der Waals surface area contributed by atoms with Crippen LogP contribution in [-0.2, 0) is 16.6 Å². The number of nitrogens with one attached hydrogen (secondary N) is 2. The molecule has 0 radical (unpaired) electrons. The van der Waals surface area contributed by atoms with E-state index in [2.05, 4.69) is 29.5 Å². The first-order valence-corrected chi connectivity index (χ1v) is 9.51. The van der Waals surface area contributed by atoms with Gasteiger partial charge < -0.3 is 10.6 Å². The number of guanidine groups is 1. The van der Waals surface area contributed by atoms with Crippen molar-refractivity contribution >= 4 is 16.8 Å². The third-order valence-corrected chi connectivity index (χ3v) is 5.04. The van der Waals surface area contributed by atoms with Crippen LogP contribution in [0.3, 0.4) is 0 Å². The van der Waals surface area contributed by atoms with Gasteiger partial charge in [-0.05, 0) is 11.5 Å². The first-order valence-electron chi connectivity index (χ1n) is 8.03. The molecule has 0 saturated heterocycles. The van der Waals surface area contributed by atoms with Crippen LogP contribution in [0.15, 0.2) is 35.3 Å². The van der Waals surface area contributed by atoms with Gasteiger partial charge in [0, 0.05) is 42.4 Å². The van der Waals surface area contributed by atoms with E-state index in [9.17, 15) is 4.21 Å². The quantitative estimate of drug-likeness (QED) is 0.542. The fraction of sp³-hybridized carbons (Fsp3) is 0.588. The highest BCUT2D eigenvalue weighted by atomic mass is 32.2. The van der Waals surface area contributed by atoms with Crippen LogP contribution in [0.2, 0.25) is 0 Å². The van der Waals surface area contributed by atoms with Crippen molar-refractivity contribution in [1.82, 2.24) is 10.6 Å². The Morgan fingerprint density at radius 2 is 1.86 bits per heavy atom. The van der Waals surface area contributed by atoms with E-state index in [4.69, 9.17) is 0 Å². The van der Waals surface area contributed by atoms with Crippen molar-refractivity contribution in [2.75, 3.05) is 25.9 Å². The molecule has 1 rings (SSSR count). The summed E-state index contributed by atoms with van der Waals surface area (Å²) in [6, 6.07) is 9.97. The molecule has 22 heavy (non-hydrogen) atoms. The summed E-state index contributed by atoms with van der Waals surface area (Å²) < 4.78 is 12.1. The van der Waals surface area contributed by atoms with Gasteiger partial charge in [-0.15, -0.1) is 0 Å². The summed E-state index contributed by atoms with van der Waals surface area (Å²) in [6.07, 6.45) is 2.34. The zero-order valence-corrected chi connectivity index (χ0v) is 14.8. The smallest absolute Gasteiger partial charge is 0.191 e. The number of aliphatic imine (C=N–C) groups is 1. The van der Waals surface area contributed by atoms with Crippen molar-refractivity contribution in [1.29, 1.82) is 0 Å². The molecule has 0 amide bonds. The van der Waals surface area contributed by atoms with Crippen molar-refractivity contribution in [2.45, 2.75) is 32.4 Å². The van der Waals surface area contributed by atoms with Crippen LogP contribution in [0.5, 0.6) is 0 Å². The molecule has 0 aliphatic heterocycles. The van der Waals surface area contributed by atoms with Crippen LogP contribution in [0.4, 0.5) is 0 Å². The molecule has 2 N–H and O–H groups in total. The second-order valence-corrected chi connectivity index (χ2v) is 6.91. The van der Waals surface area contributed by atoms with Crippen molar-refractivity contribution in [3.05, 3.63) is 35.9 Å². The van der Waals surface area contributed by atoms with Crippen LogP contribution in [-0.4, -0.2) is 36.1 Å². The predicted octanol–water partition coefficient (Wildman–Crippen LogP) is 2.54. The lowest BCUT2D eigenvalue weighted by Crippen LogP contribution is -2.41. The molecular weight excluding hydrogens is 294 g/mol. The third-order valence-electron chi connectivity index (χ3n) is 3.73. The Kier molecular flexibility index (Phi) is 9.55. The zero-order valence-electron chi connectivity index (χ0n) is 14.0. The van der Waals surface area contributed by atoms with Crippen molar-refractivity contribution < 1.29 is 4.21 Å². The molecule has 0 aromatic heterocycles. The zero-order chi connectivity index (χ0) is 16.2. The summed E-state index contributed by atoms with van der Waals surface area (Å²) in [4.78, 5) is 4.20. The molecule has 0 fully saturated rings. The molecule has 5 heteroatoms. The van der Waals surface area contributed by atoms with E-state index in [-0.39, 0.29) is 0 Å². The minimum Gasteiger partial charge on any atom is -0.356 e. The van der Waals surface area contributed by atoms with E-state index in [0.717, 1.165) is 18.1 Å². The first kappa shape index (κ1) is 18.7. The molecule has 1 unspecified atom stereocenters. The molecule has 0 aliphatic rings. The summed E-state index contributed by atoms with van der Waals surface area (Å²) in [7, 11) is 0.916. The molecule has 0 saturated carbocycles. The Balaban J connectivity index is 2.25. The topological polar surface area (TPSA) is 53.5 Å². The summed E-state index contributed by atoms with van der Waals surface area (Å²) >= 11 is 0. The van der Waals surface area contributed by atoms with Crippen LogP contribution in [0.1, 0.15) is 32.3 Å². The summed E-state index contributed by atoms with van der Waals surface area (Å²) in [5.74, 6) is 2.71. The van der Waals surface area contributed by atoms with E-state index in [1.165, 1.54) is 12.8 Å². The van der Waals surface area contributed by atoms with Crippen LogP contribution < -0.4 is 10.6 Å². The highest BCUT2D eigenvalue weighted by Crippen LogP contribution is 2.05. The molecular formula is C17H29N3OS. The monoisotopic (exact) mass is 323 g/mol.